The lowest BCUT2D eigenvalue weighted by Gasteiger charge is -2.16. The monoisotopic (exact) mass is 421 g/mol. The Kier molecular flexibility index (Phi) is 4.83. The minimum absolute atomic E-state index is 0.144. The van der Waals surface area contributed by atoms with Crippen LogP contribution in [-0.2, 0) is 4.79 Å². The van der Waals surface area contributed by atoms with Crippen molar-refractivity contribution in [3.8, 4) is 17.1 Å². The van der Waals surface area contributed by atoms with E-state index in [1.54, 1.807) is 17.7 Å². The predicted octanol–water partition coefficient (Wildman–Crippen LogP) is 1.59. The first kappa shape index (κ1) is 19.2. The number of ether oxygens (including phenoxy) is 1. The third-order valence-corrected chi connectivity index (χ3v) is 5.15. The molecule has 1 aliphatic rings. The molecule has 10 heteroatoms. The highest BCUT2D eigenvalue weighted by Gasteiger charge is 2.23. The van der Waals surface area contributed by atoms with Gasteiger partial charge in [-0.2, -0.15) is 4.52 Å². The van der Waals surface area contributed by atoms with Crippen LogP contribution in [0, 0.1) is 5.82 Å². The lowest BCUT2D eigenvalue weighted by Crippen LogP contribution is -2.42. The van der Waals surface area contributed by atoms with Gasteiger partial charge in [0.1, 0.15) is 17.6 Å². The van der Waals surface area contributed by atoms with Crippen LogP contribution >= 0.6 is 0 Å². The zero-order valence-corrected chi connectivity index (χ0v) is 16.7. The van der Waals surface area contributed by atoms with E-state index >= 15 is 0 Å². The van der Waals surface area contributed by atoms with Gasteiger partial charge in [-0.15, -0.1) is 5.10 Å². The zero-order valence-electron chi connectivity index (χ0n) is 16.7. The van der Waals surface area contributed by atoms with Crippen LogP contribution in [0.1, 0.15) is 0 Å². The van der Waals surface area contributed by atoms with Gasteiger partial charge >= 0.3 is 0 Å². The average molecular weight is 421 g/mol. The van der Waals surface area contributed by atoms with E-state index in [1.807, 2.05) is 24.3 Å². The number of fused-ring (bicyclic) bond motifs is 3. The Labute approximate surface area is 176 Å². The third-order valence-electron chi connectivity index (χ3n) is 5.15. The Bertz CT molecular complexity index is 1270. The van der Waals surface area contributed by atoms with Crippen LogP contribution in [0.3, 0.4) is 0 Å². The van der Waals surface area contributed by atoms with Gasteiger partial charge in [-0.1, -0.05) is 0 Å². The summed E-state index contributed by atoms with van der Waals surface area (Å²) in [7, 11) is 1.60. The number of nitrogens with one attached hydrogen (secondary N) is 3. The summed E-state index contributed by atoms with van der Waals surface area (Å²) in [5.74, 6) is 0.968. The van der Waals surface area contributed by atoms with Crippen molar-refractivity contribution in [1.29, 1.82) is 0 Å². The fourth-order valence-corrected chi connectivity index (χ4v) is 3.55. The average Bonchev–Trinajstić information content (AvgIpc) is 3.13. The summed E-state index contributed by atoms with van der Waals surface area (Å²) < 4.78 is 20.7. The Hall–Kier alpha value is -3.79. The molecule has 0 radical (unpaired) electrons. The largest absolute Gasteiger partial charge is 0.497 e. The SMILES string of the molecule is COc1ccc(-c2nc3c4ccc(F)cc4nc(N[C@@H]4CNCCNC4=O)n3n2)cc1. The number of nitrogens with zero attached hydrogens (tertiary/aromatic N) is 4. The molecule has 1 atom stereocenters. The summed E-state index contributed by atoms with van der Waals surface area (Å²) in [6.07, 6.45) is 0. The molecule has 158 valence electrons. The van der Waals surface area contributed by atoms with Crippen molar-refractivity contribution in [2.24, 2.45) is 0 Å². The molecule has 9 nitrogen and oxygen atoms in total. The predicted molar refractivity (Wildman–Crippen MR) is 114 cm³/mol. The normalized spacial score (nSPS) is 16.8. The first-order valence-electron chi connectivity index (χ1n) is 9.88. The summed E-state index contributed by atoms with van der Waals surface area (Å²) in [4.78, 5) is 21.6. The molecule has 0 bridgehead atoms. The number of anilines is 1. The molecule has 1 saturated heterocycles. The third kappa shape index (κ3) is 3.61. The van der Waals surface area contributed by atoms with Crippen LogP contribution in [0.15, 0.2) is 42.5 Å². The summed E-state index contributed by atoms with van der Waals surface area (Å²) >= 11 is 0. The van der Waals surface area contributed by atoms with E-state index in [9.17, 15) is 9.18 Å². The molecule has 2 aromatic carbocycles. The van der Waals surface area contributed by atoms with Crippen molar-refractivity contribution in [2.45, 2.75) is 6.04 Å². The maximum atomic E-state index is 13.9. The van der Waals surface area contributed by atoms with E-state index in [1.165, 1.54) is 12.1 Å². The van der Waals surface area contributed by atoms with Crippen LogP contribution in [0.4, 0.5) is 10.3 Å². The molecule has 0 aliphatic carbocycles. The molecule has 31 heavy (non-hydrogen) atoms. The second kappa shape index (κ2) is 7.80. The number of aromatic nitrogens is 4. The van der Waals surface area contributed by atoms with Gasteiger partial charge in [0.25, 0.3) is 0 Å². The Morgan fingerprint density at radius 3 is 2.81 bits per heavy atom. The molecule has 2 aromatic heterocycles. The fraction of sp³-hybridized carbons (Fsp3) is 0.238. The fourth-order valence-electron chi connectivity index (χ4n) is 3.55. The molecule has 3 heterocycles. The standard InChI is InChI=1S/C21H20FN7O2/c1-31-14-5-2-12(3-6-14)18-27-19-15-7-4-13(22)10-16(15)25-21(29(19)28-18)26-17-11-23-8-9-24-20(17)30/h2-7,10,17,23H,8-9,11H2,1H3,(H,24,30)(H,25,26)/t17-/m1/s1. The number of benzene rings is 2. The number of carbonyl (C=O) groups is 1. The number of hydrogen-bond donors (Lipinski definition) is 3. The molecule has 0 saturated carbocycles. The molecule has 4 aromatic rings. The van der Waals surface area contributed by atoms with Gasteiger partial charge in [-0.05, 0) is 36.4 Å². The molecular formula is C21H20FN7O2. The van der Waals surface area contributed by atoms with Crippen LogP contribution in [-0.4, -0.2) is 58.3 Å². The highest BCUT2D eigenvalue weighted by atomic mass is 19.1. The summed E-state index contributed by atoms with van der Waals surface area (Å²) in [6, 6.07) is 11.1. The van der Waals surface area contributed by atoms with Crippen molar-refractivity contribution >= 4 is 28.4 Å². The molecule has 5 rings (SSSR count). The van der Waals surface area contributed by atoms with E-state index in [4.69, 9.17) is 4.74 Å². The van der Waals surface area contributed by atoms with Gasteiger partial charge in [0.05, 0.1) is 12.6 Å². The van der Waals surface area contributed by atoms with Crippen LogP contribution in [0.2, 0.25) is 0 Å². The van der Waals surface area contributed by atoms with Gasteiger partial charge in [0, 0.05) is 36.7 Å². The number of carbonyl (C=O) groups excluding carboxylic acids is 1. The minimum Gasteiger partial charge on any atom is -0.497 e. The second-order valence-corrected chi connectivity index (χ2v) is 7.19. The maximum Gasteiger partial charge on any atom is 0.243 e. The molecule has 0 spiro atoms. The van der Waals surface area contributed by atoms with Gasteiger partial charge in [-0.25, -0.2) is 14.4 Å². The highest BCUT2D eigenvalue weighted by molar-refractivity contribution is 5.93. The van der Waals surface area contributed by atoms with Crippen LogP contribution in [0.25, 0.3) is 27.9 Å². The Morgan fingerprint density at radius 1 is 1.16 bits per heavy atom. The first-order valence-corrected chi connectivity index (χ1v) is 9.88. The van der Waals surface area contributed by atoms with E-state index in [0.29, 0.717) is 48.0 Å². The molecular weight excluding hydrogens is 401 g/mol. The van der Waals surface area contributed by atoms with Crippen molar-refractivity contribution in [2.75, 3.05) is 32.1 Å². The Morgan fingerprint density at radius 2 is 2.00 bits per heavy atom. The van der Waals surface area contributed by atoms with Crippen molar-refractivity contribution in [3.63, 3.8) is 0 Å². The first-order chi connectivity index (χ1) is 15.1. The number of rotatable bonds is 4. The van der Waals surface area contributed by atoms with Gasteiger partial charge < -0.3 is 20.7 Å². The van der Waals surface area contributed by atoms with Crippen molar-refractivity contribution in [3.05, 3.63) is 48.3 Å². The number of amides is 1. The topological polar surface area (TPSA) is 105 Å². The van der Waals surface area contributed by atoms with Crippen molar-refractivity contribution < 1.29 is 13.9 Å². The lowest BCUT2D eigenvalue weighted by molar-refractivity contribution is -0.121. The zero-order chi connectivity index (χ0) is 21.4. The summed E-state index contributed by atoms with van der Waals surface area (Å²) in [5.41, 5.74) is 1.73. The van der Waals surface area contributed by atoms with Crippen molar-refractivity contribution in [1.82, 2.24) is 30.2 Å². The molecule has 1 aliphatic heterocycles. The lowest BCUT2D eigenvalue weighted by atomic mass is 10.2. The van der Waals surface area contributed by atoms with E-state index in [0.717, 1.165) is 11.3 Å². The Balaban J connectivity index is 1.65. The number of halogens is 1. The molecule has 0 unspecified atom stereocenters. The summed E-state index contributed by atoms with van der Waals surface area (Å²) in [5, 5.41) is 14.5. The van der Waals surface area contributed by atoms with Gasteiger partial charge in [0.15, 0.2) is 11.5 Å². The number of methoxy groups -OCH3 is 1. The molecule has 1 fully saturated rings. The highest BCUT2D eigenvalue weighted by Crippen LogP contribution is 2.26. The van der Waals surface area contributed by atoms with Crippen LogP contribution < -0.4 is 20.7 Å². The van der Waals surface area contributed by atoms with Gasteiger partial charge in [-0.3, -0.25) is 4.79 Å². The quantitative estimate of drug-likeness (QED) is 0.460. The minimum atomic E-state index is -0.558. The van der Waals surface area contributed by atoms with E-state index in [-0.39, 0.29) is 5.91 Å². The number of hydrogen-bond acceptors (Lipinski definition) is 7. The summed E-state index contributed by atoms with van der Waals surface area (Å²) in [6.45, 7) is 1.66. The van der Waals surface area contributed by atoms with Gasteiger partial charge in [0.2, 0.25) is 11.9 Å². The maximum absolute atomic E-state index is 13.9. The smallest absolute Gasteiger partial charge is 0.243 e. The van der Waals surface area contributed by atoms with E-state index < -0.39 is 11.9 Å². The molecule has 3 N–H and O–H groups in total. The second-order valence-electron chi connectivity index (χ2n) is 7.19. The van der Waals surface area contributed by atoms with E-state index in [2.05, 4.69) is 31.0 Å². The molecule has 1 amide bonds. The van der Waals surface area contributed by atoms with Crippen LogP contribution in [0.5, 0.6) is 5.75 Å².